The van der Waals surface area contributed by atoms with Gasteiger partial charge in [-0.2, -0.15) is 5.10 Å². The number of nitrogens with two attached hydrogens (primary N) is 1. The van der Waals surface area contributed by atoms with Gasteiger partial charge in [-0.1, -0.05) is 6.07 Å². The minimum atomic E-state index is 0.371. The maximum absolute atomic E-state index is 5.83. The number of fused-ring (bicyclic) bond motifs is 1. The Hall–Kier alpha value is -1.97. The van der Waals surface area contributed by atoms with Crippen molar-refractivity contribution < 1.29 is 0 Å². The smallest absolute Gasteiger partial charge is 0.0825 e. The molecule has 0 aliphatic heterocycles. The van der Waals surface area contributed by atoms with Crippen LogP contribution in [0.25, 0.3) is 0 Å². The van der Waals surface area contributed by atoms with Crippen molar-refractivity contribution in [3.05, 3.63) is 40.7 Å². The highest BCUT2D eigenvalue weighted by Crippen LogP contribution is 2.35. The van der Waals surface area contributed by atoms with Crippen molar-refractivity contribution >= 4 is 11.4 Å². The zero-order chi connectivity index (χ0) is 12.7. The van der Waals surface area contributed by atoms with Crippen LogP contribution in [0.1, 0.15) is 35.0 Å². The molecule has 2 aromatic rings. The third-order valence-corrected chi connectivity index (χ3v) is 3.69. The van der Waals surface area contributed by atoms with E-state index in [0.29, 0.717) is 6.04 Å². The van der Waals surface area contributed by atoms with Crippen molar-refractivity contribution in [1.82, 2.24) is 10.2 Å². The van der Waals surface area contributed by atoms with Crippen molar-refractivity contribution in [3.8, 4) is 0 Å². The summed E-state index contributed by atoms with van der Waals surface area (Å²) in [5, 5.41) is 10.8. The molecule has 4 heteroatoms. The van der Waals surface area contributed by atoms with Crippen molar-refractivity contribution in [2.75, 3.05) is 11.1 Å². The number of hydrogen-bond acceptors (Lipinski definition) is 3. The summed E-state index contributed by atoms with van der Waals surface area (Å²) in [6.45, 7) is 4.06. The van der Waals surface area contributed by atoms with Crippen LogP contribution in [-0.4, -0.2) is 10.2 Å². The summed E-state index contributed by atoms with van der Waals surface area (Å²) in [5.41, 5.74) is 12.7. The molecular weight excluding hydrogens is 224 g/mol. The van der Waals surface area contributed by atoms with Gasteiger partial charge in [0.15, 0.2) is 0 Å². The van der Waals surface area contributed by atoms with Crippen LogP contribution in [0.5, 0.6) is 0 Å². The average Bonchev–Trinajstić information content (AvgIpc) is 2.87. The van der Waals surface area contributed by atoms with Crippen LogP contribution < -0.4 is 11.1 Å². The third kappa shape index (κ3) is 1.74. The number of aryl methyl sites for hydroxylation is 3. The zero-order valence-electron chi connectivity index (χ0n) is 10.7. The van der Waals surface area contributed by atoms with Crippen LogP contribution in [0.3, 0.4) is 0 Å². The van der Waals surface area contributed by atoms with Gasteiger partial charge in [0, 0.05) is 5.69 Å². The number of hydrogen-bond donors (Lipinski definition) is 3. The van der Waals surface area contributed by atoms with E-state index in [4.69, 9.17) is 5.73 Å². The van der Waals surface area contributed by atoms with E-state index in [1.54, 1.807) is 0 Å². The zero-order valence-corrected chi connectivity index (χ0v) is 10.7. The molecule has 4 nitrogen and oxygen atoms in total. The van der Waals surface area contributed by atoms with Crippen LogP contribution in [0.4, 0.5) is 11.4 Å². The second kappa shape index (κ2) is 4.05. The van der Waals surface area contributed by atoms with Crippen molar-refractivity contribution in [3.63, 3.8) is 0 Å². The van der Waals surface area contributed by atoms with E-state index in [2.05, 4.69) is 27.6 Å². The molecule has 1 aliphatic carbocycles. The molecule has 0 amide bonds. The van der Waals surface area contributed by atoms with Gasteiger partial charge in [-0.25, -0.2) is 0 Å². The number of anilines is 2. The summed E-state index contributed by atoms with van der Waals surface area (Å²) >= 11 is 0. The van der Waals surface area contributed by atoms with Crippen LogP contribution in [-0.2, 0) is 6.42 Å². The average molecular weight is 242 g/mol. The van der Waals surface area contributed by atoms with Crippen molar-refractivity contribution in [1.29, 1.82) is 0 Å². The molecule has 0 radical (unpaired) electrons. The Labute approximate surface area is 107 Å². The van der Waals surface area contributed by atoms with E-state index < -0.39 is 0 Å². The van der Waals surface area contributed by atoms with Gasteiger partial charge in [0.2, 0.25) is 0 Å². The fourth-order valence-corrected chi connectivity index (χ4v) is 2.73. The van der Waals surface area contributed by atoms with Gasteiger partial charge in [0.1, 0.15) is 0 Å². The summed E-state index contributed by atoms with van der Waals surface area (Å²) in [4.78, 5) is 0. The standard InChI is InChI=1S/C14H18N4/c1-8-14(9(2)18-17-8)16-13-6-3-10-7-11(15)4-5-12(10)13/h4-5,7,13,16H,3,6,15H2,1-2H3,(H,17,18). The number of rotatable bonds is 2. The largest absolute Gasteiger partial charge is 0.399 e. The van der Waals surface area contributed by atoms with Gasteiger partial charge in [0.05, 0.1) is 23.1 Å². The first kappa shape index (κ1) is 11.1. The molecule has 3 rings (SSSR count). The molecule has 18 heavy (non-hydrogen) atoms. The van der Waals surface area contributed by atoms with E-state index in [9.17, 15) is 0 Å². The van der Waals surface area contributed by atoms with Gasteiger partial charge in [-0.15, -0.1) is 0 Å². The molecule has 0 saturated carbocycles. The van der Waals surface area contributed by atoms with E-state index in [1.165, 1.54) is 11.1 Å². The third-order valence-electron chi connectivity index (χ3n) is 3.69. The number of nitrogens with zero attached hydrogens (tertiary/aromatic N) is 1. The molecule has 1 aromatic carbocycles. The van der Waals surface area contributed by atoms with Crippen molar-refractivity contribution in [2.24, 2.45) is 0 Å². The molecule has 1 heterocycles. The normalized spacial score (nSPS) is 17.8. The first-order chi connectivity index (χ1) is 8.65. The highest BCUT2D eigenvalue weighted by atomic mass is 15.2. The number of aromatic amines is 1. The molecular formula is C14H18N4. The number of nitrogens with one attached hydrogen (secondary N) is 2. The molecule has 1 aliphatic rings. The van der Waals surface area contributed by atoms with Crippen LogP contribution >= 0.6 is 0 Å². The maximum atomic E-state index is 5.83. The second-order valence-corrected chi connectivity index (χ2v) is 5.00. The highest BCUT2D eigenvalue weighted by molar-refractivity contribution is 5.56. The number of nitrogen functional groups attached to an aromatic ring is 1. The fourth-order valence-electron chi connectivity index (χ4n) is 2.73. The summed E-state index contributed by atoms with van der Waals surface area (Å²) in [6.07, 6.45) is 2.21. The van der Waals surface area contributed by atoms with E-state index in [-0.39, 0.29) is 0 Å². The maximum Gasteiger partial charge on any atom is 0.0825 e. The first-order valence-corrected chi connectivity index (χ1v) is 6.31. The molecule has 1 aromatic heterocycles. The molecule has 0 bridgehead atoms. The van der Waals surface area contributed by atoms with E-state index in [0.717, 1.165) is 35.6 Å². The molecule has 4 N–H and O–H groups in total. The Morgan fingerprint density at radius 1 is 1.39 bits per heavy atom. The molecule has 0 spiro atoms. The first-order valence-electron chi connectivity index (χ1n) is 6.31. The summed E-state index contributed by atoms with van der Waals surface area (Å²) < 4.78 is 0. The Balaban J connectivity index is 1.89. The number of H-pyrrole nitrogens is 1. The quantitative estimate of drug-likeness (QED) is 0.709. The number of benzene rings is 1. The summed E-state index contributed by atoms with van der Waals surface area (Å²) in [5.74, 6) is 0. The second-order valence-electron chi connectivity index (χ2n) is 5.00. The lowest BCUT2D eigenvalue weighted by Crippen LogP contribution is -2.08. The Morgan fingerprint density at radius 3 is 2.94 bits per heavy atom. The lowest BCUT2D eigenvalue weighted by atomic mass is 10.1. The topological polar surface area (TPSA) is 66.7 Å². The summed E-state index contributed by atoms with van der Waals surface area (Å²) in [6, 6.07) is 6.58. The van der Waals surface area contributed by atoms with Crippen LogP contribution in [0, 0.1) is 13.8 Å². The van der Waals surface area contributed by atoms with E-state index >= 15 is 0 Å². The highest BCUT2D eigenvalue weighted by Gasteiger charge is 2.23. The van der Waals surface area contributed by atoms with Crippen LogP contribution in [0.2, 0.25) is 0 Å². The fraction of sp³-hybridized carbons (Fsp3) is 0.357. The van der Waals surface area contributed by atoms with Gasteiger partial charge < -0.3 is 11.1 Å². The SMILES string of the molecule is Cc1n[nH]c(C)c1NC1CCc2cc(N)ccc21. The molecule has 1 atom stereocenters. The molecule has 0 fully saturated rings. The Kier molecular flexibility index (Phi) is 2.51. The molecule has 94 valence electrons. The van der Waals surface area contributed by atoms with Gasteiger partial charge in [0.25, 0.3) is 0 Å². The molecule has 1 unspecified atom stereocenters. The van der Waals surface area contributed by atoms with Gasteiger partial charge in [-0.3, -0.25) is 5.10 Å². The Bertz CT molecular complexity index is 566. The van der Waals surface area contributed by atoms with Crippen LogP contribution in [0.15, 0.2) is 18.2 Å². The summed E-state index contributed by atoms with van der Waals surface area (Å²) in [7, 11) is 0. The monoisotopic (exact) mass is 242 g/mol. The lowest BCUT2D eigenvalue weighted by Gasteiger charge is -2.15. The lowest BCUT2D eigenvalue weighted by molar-refractivity contribution is 0.760. The van der Waals surface area contributed by atoms with Gasteiger partial charge >= 0.3 is 0 Å². The Morgan fingerprint density at radius 2 is 2.22 bits per heavy atom. The predicted octanol–water partition coefficient (Wildman–Crippen LogP) is 2.71. The minimum absolute atomic E-state index is 0.371. The number of aromatic nitrogens is 2. The van der Waals surface area contributed by atoms with E-state index in [1.807, 2.05) is 19.9 Å². The minimum Gasteiger partial charge on any atom is -0.399 e. The predicted molar refractivity (Wildman–Crippen MR) is 73.6 cm³/mol. The van der Waals surface area contributed by atoms with Gasteiger partial charge in [-0.05, 0) is 49.9 Å². The molecule has 0 saturated heterocycles. The van der Waals surface area contributed by atoms with Crippen molar-refractivity contribution in [2.45, 2.75) is 32.7 Å².